The van der Waals surface area contributed by atoms with Gasteiger partial charge in [0.05, 0.1) is 12.2 Å². The highest BCUT2D eigenvalue weighted by molar-refractivity contribution is 7.16. The third-order valence-corrected chi connectivity index (χ3v) is 5.23. The topological polar surface area (TPSA) is 81.7 Å². The van der Waals surface area contributed by atoms with Gasteiger partial charge < -0.3 is 14.8 Å². The number of esters is 1. The molecule has 2 rings (SSSR count). The first-order valence-corrected chi connectivity index (χ1v) is 10.1. The average Bonchev–Trinajstić information content (AvgIpc) is 3.01. The predicted octanol–water partition coefficient (Wildman–Crippen LogP) is 4.41. The Balaban J connectivity index is 2.05. The molecule has 1 heterocycles. The van der Waals surface area contributed by atoms with Gasteiger partial charge in [-0.1, -0.05) is 13.8 Å². The summed E-state index contributed by atoms with van der Waals surface area (Å²) in [5.41, 5.74) is 1.91. The van der Waals surface area contributed by atoms with Gasteiger partial charge in [0.25, 0.3) is 5.91 Å². The van der Waals surface area contributed by atoms with Gasteiger partial charge >= 0.3 is 5.97 Å². The van der Waals surface area contributed by atoms with Crippen LogP contribution >= 0.6 is 11.3 Å². The summed E-state index contributed by atoms with van der Waals surface area (Å²) in [4.78, 5) is 37.2. The summed E-state index contributed by atoms with van der Waals surface area (Å²) >= 11 is 1.35. The van der Waals surface area contributed by atoms with E-state index >= 15 is 0 Å². The molecule has 0 saturated heterocycles. The molecule has 1 N–H and O–H groups in total. The molecule has 0 bridgehead atoms. The van der Waals surface area contributed by atoms with E-state index in [1.807, 2.05) is 13.8 Å². The molecule has 0 aliphatic rings. The van der Waals surface area contributed by atoms with Crippen LogP contribution in [0.5, 0.6) is 5.75 Å². The van der Waals surface area contributed by atoms with E-state index in [4.69, 9.17) is 9.47 Å². The van der Waals surface area contributed by atoms with Crippen LogP contribution in [0.4, 0.5) is 5.00 Å². The molecule has 1 amide bonds. The monoisotopic (exact) mass is 403 g/mol. The van der Waals surface area contributed by atoms with Gasteiger partial charge in [-0.05, 0) is 50.1 Å². The number of benzene rings is 1. The quantitative estimate of drug-likeness (QED) is 0.495. The number of aryl methyl sites for hydroxylation is 1. The Hall–Kier alpha value is -2.67. The first-order valence-electron chi connectivity index (χ1n) is 9.26. The van der Waals surface area contributed by atoms with Crippen LogP contribution in [0.3, 0.4) is 0 Å². The molecule has 1 aromatic carbocycles. The summed E-state index contributed by atoms with van der Waals surface area (Å²) in [5.74, 6) is -0.264. The fourth-order valence-corrected chi connectivity index (χ4v) is 3.91. The number of anilines is 1. The Kier molecular flexibility index (Phi) is 7.75. The molecule has 2 aromatic rings. The molecule has 0 saturated carbocycles. The van der Waals surface area contributed by atoms with E-state index < -0.39 is 5.97 Å². The van der Waals surface area contributed by atoms with Gasteiger partial charge in [-0.2, -0.15) is 0 Å². The molecule has 0 aliphatic carbocycles. The van der Waals surface area contributed by atoms with Crippen molar-refractivity contribution in [2.24, 2.45) is 0 Å². The molecule has 0 unspecified atom stereocenters. The van der Waals surface area contributed by atoms with Crippen LogP contribution in [0.1, 0.15) is 58.3 Å². The fraction of sp³-hybridized carbons (Fsp3) is 0.381. The highest BCUT2D eigenvalue weighted by Gasteiger charge is 2.23. The van der Waals surface area contributed by atoms with Crippen molar-refractivity contribution in [3.63, 3.8) is 0 Å². The minimum absolute atomic E-state index is 0.0515. The number of hydrogen-bond acceptors (Lipinski definition) is 6. The normalized spacial score (nSPS) is 10.4. The number of ketones is 1. The van der Waals surface area contributed by atoms with Gasteiger partial charge in [-0.25, -0.2) is 4.79 Å². The number of hydrogen-bond donors (Lipinski definition) is 1. The third-order valence-electron chi connectivity index (χ3n) is 4.16. The number of carbonyl (C=O) groups is 3. The maximum Gasteiger partial charge on any atom is 0.341 e. The largest absolute Gasteiger partial charge is 0.484 e. The number of nitrogens with one attached hydrogen (secondary N) is 1. The molecule has 0 aliphatic heterocycles. The Morgan fingerprint density at radius 2 is 1.75 bits per heavy atom. The lowest BCUT2D eigenvalue weighted by atomic mass is 10.1. The summed E-state index contributed by atoms with van der Waals surface area (Å²) in [7, 11) is 0. The lowest BCUT2D eigenvalue weighted by Gasteiger charge is -2.09. The zero-order chi connectivity index (χ0) is 20.7. The molecule has 0 fully saturated rings. The van der Waals surface area contributed by atoms with Crippen LogP contribution in [0.25, 0.3) is 0 Å². The van der Waals surface area contributed by atoms with Crippen LogP contribution in [0.2, 0.25) is 0 Å². The number of rotatable bonds is 9. The van der Waals surface area contributed by atoms with Crippen molar-refractivity contribution in [3.05, 3.63) is 45.8 Å². The zero-order valence-corrected chi connectivity index (χ0v) is 17.4. The molecule has 0 radical (unpaired) electrons. The number of amides is 1. The van der Waals surface area contributed by atoms with E-state index in [1.54, 1.807) is 38.1 Å². The van der Waals surface area contributed by atoms with Crippen LogP contribution in [0, 0.1) is 6.92 Å². The highest BCUT2D eigenvalue weighted by atomic mass is 32.1. The number of Topliss-reactive ketones (excluding diaryl/α,β-unsaturated/α-hetero) is 1. The molecule has 0 spiro atoms. The molecular weight excluding hydrogens is 378 g/mol. The van der Waals surface area contributed by atoms with Gasteiger partial charge in [-0.3, -0.25) is 9.59 Å². The van der Waals surface area contributed by atoms with E-state index in [2.05, 4.69) is 5.32 Å². The van der Waals surface area contributed by atoms with E-state index in [9.17, 15) is 14.4 Å². The summed E-state index contributed by atoms with van der Waals surface area (Å²) in [6.07, 6.45) is 1.11. The Labute approximate surface area is 168 Å². The first-order chi connectivity index (χ1) is 13.4. The van der Waals surface area contributed by atoms with Gasteiger partial charge in [-0.15, -0.1) is 11.3 Å². The minimum atomic E-state index is -0.434. The van der Waals surface area contributed by atoms with E-state index in [1.165, 1.54) is 11.3 Å². The summed E-state index contributed by atoms with van der Waals surface area (Å²) < 4.78 is 10.6. The molecule has 6 nitrogen and oxygen atoms in total. The second kappa shape index (κ2) is 10.0. The SMILES string of the molecule is CCOC(=O)c1c(NC(=O)COc2ccc(C(=O)CC)cc2)sc(C)c1CC. The Bertz CT molecular complexity index is 854. The van der Waals surface area contributed by atoms with Crippen LogP contribution in [0.15, 0.2) is 24.3 Å². The number of carbonyl (C=O) groups excluding carboxylic acids is 3. The molecule has 0 atom stereocenters. The number of thiophene rings is 1. The number of ether oxygens (including phenoxy) is 2. The Morgan fingerprint density at radius 3 is 2.32 bits per heavy atom. The zero-order valence-electron chi connectivity index (χ0n) is 16.6. The van der Waals surface area contributed by atoms with Crippen LogP contribution in [-0.2, 0) is 16.0 Å². The lowest BCUT2D eigenvalue weighted by molar-refractivity contribution is -0.118. The molecule has 150 valence electrons. The van der Waals surface area contributed by atoms with Gasteiger partial charge in [0, 0.05) is 16.9 Å². The second-order valence-electron chi connectivity index (χ2n) is 6.05. The van der Waals surface area contributed by atoms with Crippen LogP contribution in [-0.4, -0.2) is 30.9 Å². The summed E-state index contributed by atoms with van der Waals surface area (Å²) in [6, 6.07) is 6.66. The fourth-order valence-electron chi connectivity index (χ4n) is 2.76. The Morgan fingerprint density at radius 1 is 1.07 bits per heavy atom. The summed E-state index contributed by atoms with van der Waals surface area (Å²) in [6.45, 7) is 7.48. The van der Waals surface area contributed by atoms with Gasteiger partial charge in [0.15, 0.2) is 12.4 Å². The molecular formula is C21H25NO5S. The predicted molar refractivity (Wildman–Crippen MR) is 110 cm³/mol. The molecule has 1 aromatic heterocycles. The van der Waals surface area contributed by atoms with Crippen molar-refractivity contribution in [1.29, 1.82) is 0 Å². The van der Waals surface area contributed by atoms with Crippen molar-refractivity contribution in [1.82, 2.24) is 0 Å². The van der Waals surface area contributed by atoms with Gasteiger partial charge in [0.1, 0.15) is 10.8 Å². The standard InChI is InChI=1S/C21H25NO5S/c1-5-16-13(4)28-20(19(16)21(25)26-7-3)22-18(24)12-27-15-10-8-14(9-11-15)17(23)6-2/h8-11H,5-7,12H2,1-4H3,(H,22,24). The van der Waals surface area contributed by atoms with Crippen molar-refractivity contribution in [2.45, 2.75) is 40.5 Å². The third kappa shape index (κ3) is 5.19. The highest BCUT2D eigenvalue weighted by Crippen LogP contribution is 2.34. The lowest BCUT2D eigenvalue weighted by Crippen LogP contribution is -2.21. The summed E-state index contributed by atoms with van der Waals surface area (Å²) in [5, 5.41) is 3.23. The maximum absolute atomic E-state index is 12.3. The van der Waals surface area contributed by atoms with Crippen LogP contribution < -0.4 is 10.1 Å². The van der Waals surface area contributed by atoms with Gasteiger partial charge in [0.2, 0.25) is 0 Å². The second-order valence-corrected chi connectivity index (χ2v) is 7.28. The smallest absolute Gasteiger partial charge is 0.341 e. The maximum atomic E-state index is 12.3. The van der Waals surface area contributed by atoms with Crippen molar-refractivity contribution >= 4 is 34.0 Å². The van der Waals surface area contributed by atoms with Crippen molar-refractivity contribution in [3.8, 4) is 5.75 Å². The van der Waals surface area contributed by atoms with Crippen molar-refractivity contribution < 1.29 is 23.9 Å². The van der Waals surface area contributed by atoms with E-state index in [0.29, 0.717) is 34.7 Å². The van der Waals surface area contributed by atoms with Crippen molar-refractivity contribution in [2.75, 3.05) is 18.5 Å². The first kappa shape index (κ1) is 21.6. The van der Waals surface area contributed by atoms with E-state index in [-0.39, 0.29) is 24.9 Å². The molecule has 28 heavy (non-hydrogen) atoms. The van der Waals surface area contributed by atoms with E-state index in [0.717, 1.165) is 10.4 Å². The average molecular weight is 404 g/mol. The minimum Gasteiger partial charge on any atom is -0.484 e. The molecule has 7 heteroatoms.